The van der Waals surface area contributed by atoms with E-state index in [4.69, 9.17) is 4.74 Å². The summed E-state index contributed by atoms with van der Waals surface area (Å²) in [6.45, 7) is 6.35. The maximum absolute atomic E-state index is 13.2. The zero-order valence-electron chi connectivity index (χ0n) is 41.3. The predicted octanol–water partition coefficient (Wildman–Crippen LogP) is 16.2. The summed E-state index contributed by atoms with van der Waals surface area (Å²) in [7, 11) is 0. The first-order chi connectivity index (χ1) is 30.5. The van der Waals surface area contributed by atoms with E-state index in [2.05, 4.69) is 74.7 Å². The van der Waals surface area contributed by atoms with Crippen LogP contribution in [0.4, 0.5) is 0 Å². The summed E-state index contributed by atoms with van der Waals surface area (Å²) in [4.78, 5) is 26.1. The van der Waals surface area contributed by atoms with Crippen LogP contribution in [0.25, 0.3) is 0 Å². The van der Waals surface area contributed by atoms with Crippen molar-refractivity contribution in [3.8, 4) is 0 Å². The number of allylic oxidation sites excluding steroid dienone is 8. The van der Waals surface area contributed by atoms with Crippen LogP contribution in [-0.2, 0) is 14.3 Å². The quantitative estimate of drug-likeness (QED) is 0.0245. The van der Waals surface area contributed by atoms with Gasteiger partial charge in [0, 0.05) is 6.42 Å². The van der Waals surface area contributed by atoms with Crippen molar-refractivity contribution in [1.29, 1.82) is 0 Å². The Morgan fingerprint density at radius 3 is 1.37 bits per heavy atom. The fraction of sp³-hybridized carbons (Fsp3) is 0.821. The fourth-order valence-electron chi connectivity index (χ4n) is 8.13. The molecule has 3 N–H and O–H groups in total. The average Bonchev–Trinajstić information content (AvgIpc) is 3.26. The summed E-state index contributed by atoms with van der Waals surface area (Å²) in [5.74, 6) is -0.500. The van der Waals surface area contributed by atoms with E-state index in [1.165, 1.54) is 135 Å². The van der Waals surface area contributed by atoms with Gasteiger partial charge in [0.1, 0.15) is 6.10 Å². The molecule has 0 aliphatic heterocycles. The van der Waals surface area contributed by atoms with Crippen LogP contribution >= 0.6 is 0 Å². The van der Waals surface area contributed by atoms with Gasteiger partial charge in [-0.2, -0.15) is 0 Å². The summed E-state index contributed by atoms with van der Waals surface area (Å²) in [5.41, 5.74) is 0. The zero-order chi connectivity index (χ0) is 45.2. The molecule has 0 heterocycles. The van der Waals surface area contributed by atoms with E-state index in [9.17, 15) is 19.8 Å². The van der Waals surface area contributed by atoms with Crippen LogP contribution in [0.5, 0.6) is 0 Å². The number of amides is 1. The number of carbonyl (C=O) groups excluding carboxylic acids is 2. The Morgan fingerprint density at radius 2 is 0.887 bits per heavy atom. The van der Waals surface area contributed by atoms with Crippen LogP contribution < -0.4 is 5.32 Å². The minimum Gasteiger partial charge on any atom is -0.462 e. The molecular formula is C56H103NO5. The molecule has 0 aliphatic rings. The SMILES string of the molecule is CC/C=C/C=C/C=C\CCCCCCCC(=O)OC(CCCCCCC/C=C\CCCCCC)CC(=O)NC(CO)C(O)CCCCCCCCCCCCCCCCCCC. The van der Waals surface area contributed by atoms with Gasteiger partial charge in [-0.25, -0.2) is 0 Å². The van der Waals surface area contributed by atoms with Crippen LogP contribution in [0.2, 0.25) is 0 Å². The molecule has 0 rings (SSSR count). The average molecular weight is 870 g/mol. The number of hydrogen-bond acceptors (Lipinski definition) is 5. The first-order valence-corrected chi connectivity index (χ1v) is 26.9. The Hall–Kier alpha value is -2.18. The number of hydrogen-bond donors (Lipinski definition) is 3. The number of aliphatic hydroxyl groups is 2. The normalized spacial score (nSPS) is 13.6. The number of rotatable bonds is 48. The van der Waals surface area contributed by atoms with Crippen molar-refractivity contribution >= 4 is 11.9 Å². The van der Waals surface area contributed by atoms with Crippen LogP contribution in [0.3, 0.4) is 0 Å². The van der Waals surface area contributed by atoms with Crippen molar-refractivity contribution < 1.29 is 24.5 Å². The maximum Gasteiger partial charge on any atom is 0.306 e. The van der Waals surface area contributed by atoms with Crippen molar-refractivity contribution in [2.24, 2.45) is 0 Å². The molecule has 0 aromatic rings. The highest BCUT2D eigenvalue weighted by Crippen LogP contribution is 2.18. The molecule has 0 spiro atoms. The Bertz CT molecular complexity index is 1070. The second kappa shape index (κ2) is 49.8. The van der Waals surface area contributed by atoms with E-state index in [1.807, 2.05) is 0 Å². The third-order valence-corrected chi connectivity index (χ3v) is 12.2. The number of carbonyl (C=O) groups is 2. The fourth-order valence-corrected chi connectivity index (χ4v) is 8.13. The molecule has 0 bridgehead atoms. The lowest BCUT2D eigenvalue weighted by molar-refractivity contribution is -0.151. The molecule has 0 saturated heterocycles. The van der Waals surface area contributed by atoms with E-state index in [0.717, 1.165) is 89.9 Å². The second-order valence-electron chi connectivity index (χ2n) is 18.3. The maximum atomic E-state index is 13.2. The van der Waals surface area contributed by atoms with E-state index >= 15 is 0 Å². The van der Waals surface area contributed by atoms with Crippen LogP contribution in [-0.4, -0.2) is 46.9 Å². The lowest BCUT2D eigenvalue weighted by Crippen LogP contribution is -2.46. The van der Waals surface area contributed by atoms with Crippen molar-refractivity contribution in [2.75, 3.05) is 6.61 Å². The minimum absolute atomic E-state index is 0.0642. The topological polar surface area (TPSA) is 95.9 Å². The summed E-state index contributed by atoms with van der Waals surface area (Å²) in [5, 5.41) is 23.8. The smallest absolute Gasteiger partial charge is 0.306 e. The Labute approximate surface area is 385 Å². The molecule has 3 atom stereocenters. The lowest BCUT2D eigenvalue weighted by atomic mass is 10.0. The first-order valence-electron chi connectivity index (χ1n) is 26.9. The summed E-state index contributed by atoms with van der Waals surface area (Å²) in [6, 6.07) is -0.708. The highest BCUT2D eigenvalue weighted by molar-refractivity contribution is 5.77. The van der Waals surface area contributed by atoms with Gasteiger partial charge in [-0.3, -0.25) is 9.59 Å². The van der Waals surface area contributed by atoms with Gasteiger partial charge >= 0.3 is 5.97 Å². The van der Waals surface area contributed by atoms with E-state index in [0.29, 0.717) is 19.3 Å². The highest BCUT2D eigenvalue weighted by atomic mass is 16.5. The Kier molecular flexibility index (Phi) is 48.1. The highest BCUT2D eigenvalue weighted by Gasteiger charge is 2.24. The van der Waals surface area contributed by atoms with Crippen LogP contribution in [0.15, 0.2) is 48.6 Å². The molecule has 362 valence electrons. The Morgan fingerprint density at radius 1 is 0.484 bits per heavy atom. The van der Waals surface area contributed by atoms with Gasteiger partial charge in [0.15, 0.2) is 0 Å². The molecule has 62 heavy (non-hydrogen) atoms. The number of ether oxygens (including phenoxy) is 1. The van der Waals surface area contributed by atoms with Gasteiger partial charge in [0.2, 0.25) is 5.91 Å². The van der Waals surface area contributed by atoms with Gasteiger partial charge in [-0.1, -0.05) is 236 Å². The Balaban J connectivity index is 4.53. The van der Waals surface area contributed by atoms with Crippen molar-refractivity contribution in [2.45, 2.75) is 289 Å². The minimum atomic E-state index is -0.793. The molecule has 0 aromatic carbocycles. The van der Waals surface area contributed by atoms with Gasteiger partial charge < -0.3 is 20.3 Å². The molecule has 0 aromatic heterocycles. The molecule has 0 radical (unpaired) electrons. The number of esters is 1. The van der Waals surface area contributed by atoms with Gasteiger partial charge in [-0.05, 0) is 70.6 Å². The molecule has 0 aliphatic carbocycles. The summed E-state index contributed by atoms with van der Waals surface area (Å²) >= 11 is 0. The summed E-state index contributed by atoms with van der Waals surface area (Å²) < 4.78 is 5.92. The molecular weight excluding hydrogens is 767 g/mol. The monoisotopic (exact) mass is 870 g/mol. The number of nitrogens with one attached hydrogen (secondary N) is 1. The standard InChI is InChI=1S/C56H103NO5/c1-4-7-10-13-16-19-22-25-26-27-28-31-33-36-39-42-45-48-54(59)53(51-58)57-55(60)50-52(47-44-41-38-35-32-29-23-20-17-14-11-8-5-2)62-56(61)49-46-43-40-37-34-30-24-21-18-15-12-9-6-3/h9,12,15,18,20-21,23-24,52-54,58-59H,4-8,10-11,13-14,16-17,19,22,25-51H2,1-3H3,(H,57,60)/b12-9+,18-15+,23-20-,24-21-. The van der Waals surface area contributed by atoms with Crippen LogP contribution in [0, 0.1) is 0 Å². The third kappa shape index (κ3) is 44.4. The first kappa shape index (κ1) is 59.8. The van der Waals surface area contributed by atoms with Crippen LogP contribution in [0.1, 0.15) is 271 Å². The molecule has 6 heteroatoms. The van der Waals surface area contributed by atoms with E-state index < -0.39 is 18.2 Å². The molecule has 0 fully saturated rings. The van der Waals surface area contributed by atoms with Gasteiger partial charge in [0.05, 0.1) is 25.2 Å². The van der Waals surface area contributed by atoms with Crippen molar-refractivity contribution in [1.82, 2.24) is 5.32 Å². The molecule has 6 nitrogen and oxygen atoms in total. The zero-order valence-corrected chi connectivity index (χ0v) is 41.3. The van der Waals surface area contributed by atoms with Crippen molar-refractivity contribution in [3.63, 3.8) is 0 Å². The van der Waals surface area contributed by atoms with Crippen molar-refractivity contribution in [3.05, 3.63) is 48.6 Å². The third-order valence-electron chi connectivity index (χ3n) is 12.2. The lowest BCUT2D eigenvalue weighted by Gasteiger charge is -2.24. The largest absolute Gasteiger partial charge is 0.462 e. The predicted molar refractivity (Wildman–Crippen MR) is 269 cm³/mol. The molecule has 3 unspecified atom stereocenters. The van der Waals surface area contributed by atoms with E-state index in [-0.39, 0.29) is 24.9 Å². The number of unbranched alkanes of at least 4 members (excludes halogenated alkanes) is 30. The summed E-state index contributed by atoms with van der Waals surface area (Å²) in [6.07, 6.45) is 60.3. The second-order valence-corrected chi connectivity index (χ2v) is 18.3. The van der Waals surface area contributed by atoms with Gasteiger partial charge in [-0.15, -0.1) is 0 Å². The van der Waals surface area contributed by atoms with Gasteiger partial charge in [0.25, 0.3) is 0 Å². The molecule has 1 amide bonds. The molecule has 0 saturated carbocycles. The van der Waals surface area contributed by atoms with E-state index in [1.54, 1.807) is 0 Å². The number of aliphatic hydroxyl groups excluding tert-OH is 2.